The Morgan fingerprint density at radius 3 is 2.61 bits per heavy atom. The average molecular weight is 391 g/mol. The van der Waals surface area contributed by atoms with E-state index in [4.69, 9.17) is 19.8 Å². The van der Waals surface area contributed by atoms with Gasteiger partial charge < -0.3 is 25.5 Å². The number of anilines is 1. The van der Waals surface area contributed by atoms with Crippen molar-refractivity contribution in [3.8, 4) is 0 Å². The van der Waals surface area contributed by atoms with Crippen molar-refractivity contribution in [2.75, 3.05) is 38.1 Å². The number of aliphatic hydroxyl groups is 1. The smallest absolute Gasteiger partial charge is 0.290 e. The number of piperidine rings is 1. The van der Waals surface area contributed by atoms with Crippen LogP contribution in [0.2, 0.25) is 0 Å². The molecule has 0 spiro atoms. The second kappa shape index (κ2) is 14.4. The summed E-state index contributed by atoms with van der Waals surface area (Å²) in [5.41, 5.74) is 0. The number of fused-ring (bicyclic) bond motifs is 1. The van der Waals surface area contributed by atoms with Gasteiger partial charge in [-0.1, -0.05) is 24.3 Å². The third-order valence-electron chi connectivity index (χ3n) is 4.48. The first-order chi connectivity index (χ1) is 13.7. The van der Waals surface area contributed by atoms with Gasteiger partial charge in [0, 0.05) is 31.3 Å². The van der Waals surface area contributed by atoms with Crippen LogP contribution in [0, 0.1) is 5.92 Å². The molecule has 0 saturated carbocycles. The summed E-state index contributed by atoms with van der Waals surface area (Å²) in [5.74, 6) is 1.45. The predicted octanol–water partition coefficient (Wildman–Crippen LogP) is 2.14. The van der Waals surface area contributed by atoms with Crippen molar-refractivity contribution in [1.29, 1.82) is 0 Å². The fraction of sp³-hybridized carbons (Fsp3) is 0.450. The molecule has 0 aliphatic carbocycles. The van der Waals surface area contributed by atoms with Crippen molar-refractivity contribution < 1.29 is 24.9 Å². The molecular formula is C20H29N3O5. The van der Waals surface area contributed by atoms with Gasteiger partial charge in [-0.05, 0) is 49.7 Å². The SMILES string of the molecule is O=CO.O=CO.OCC1CCCN(CCCNc2nccc3ccccc23)C1. The quantitative estimate of drug-likeness (QED) is 0.436. The summed E-state index contributed by atoms with van der Waals surface area (Å²) in [4.78, 5) is 23.7. The zero-order valence-electron chi connectivity index (χ0n) is 15.9. The van der Waals surface area contributed by atoms with Gasteiger partial charge in [-0.15, -0.1) is 0 Å². The molecule has 1 atom stereocenters. The zero-order valence-corrected chi connectivity index (χ0v) is 15.9. The minimum Gasteiger partial charge on any atom is -0.483 e. The predicted molar refractivity (Wildman–Crippen MR) is 108 cm³/mol. The number of aromatic nitrogens is 1. The van der Waals surface area contributed by atoms with E-state index < -0.39 is 0 Å². The van der Waals surface area contributed by atoms with Crippen LogP contribution in [-0.4, -0.2) is 70.9 Å². The van der Waals surface area contributed by atoms with Crippen LogP contribution in [0.1, 0.15) is 19.3 Å². The van der Waals surface area contributed by atoms with Gasteiger partial charge in [0.05, 0.1) is 0 Å². The number of nitrogens with one attached hydrogen (secondary N) is 1. The number of hydrogen-bond donors (Lipinski definition) is 4. The molecule has 2 heterocycles. The van der Waals surface area contributed by atoms with E-state index in [0.717, 1.165) is 31.9 Å². The molecule has 0 radical (unpaired) electrons. The Balaban J connectivity index is 0.000000582. The number of nitrogens with zero attached hydrogens (tertiary/aromatic N) is 2. The number of pyridine rings is 1. The van der Waals surface area contributed by atoms with Gasteiger partial charge in [0.15, 0.2) is 0 Å². The van der Waals surface area contributed by atoms with Crippen LogP contribution in [0.4, 0.5) is 5.82 Å². The first kappa shape index (κ1) is 23.3. The number of benzene rings is 1. The maximum Gasteiger partial charge on any atom is 0.290 e. The molecule has 4 N–H and O–H groups in total. The van der Waals surface area contributed by atoms with Crippen molar-refractivity contribution in [3.05, 3.63) is 36.5 Å². The maximum absolute atomic E-state index is 9.28. The Labute approximate surface area is 164 Å². The van der Waals surface area contributed by atoms with Crippen molar-refractivity contribution >= 4 is 29.5 Å². The van der Waals surface area contributed by atoms with E-state index in [-0.39, 0.29) is 12.9 Å². The minimum absolute atomic E-state index is 0.250. The molecule has 1 aromatic carbocycles. The van der Waals surface area contributed by atoms with Crippen molar-refractivity contribution in [2.24, 2.45) is 5.92 Å². The lowest BCUT2D eigenvalue weighted by Gasteiger charge is -2.31. The number of likely N-dealkylation sites (tertiary alicyclic amines) is 1. The average Bonchev–Trinajstić information content (AvgIpc) is 2.73. The van der Waals surface area contributed by atoms with Crippen molar-refractivity contribution in [1.82, 2.24) is 9.88 Å². The highest BCUT2D eigenvalue weighted by Gasteiger charge is 2.18. The Hall–Kier alpha value is -2.71. The van der Waals surface area contributed by atoms with Crippen molar-refractivity contribution in [2.45, 2.75) is 19.3 Å². The Morgan fingerprint density at radius 2 is 1.89 bits per heavy atom. The molecule has 1 aromatic heterocycles. The third-order valence-corrected chi connectivity index (χ3v) is 4.48. The lowest BCUT2D eigenvalue weighted by Crippen LogP contribution is -2.37. The van der Waals surface area contributed by atoms with Crippen LogP contribution in [-0.2, 0) is 9.59 Å². The van der Waals surface area contributed by atoms with Gasteiger partial charge in [-0.2, -0.15) is 0 Å². The Morgan fingerprint density at radius 1 is 1.18 bits per heavy atom. The van der Waals surface area contributed by atoms with Crippen LogP contribution in [0.5, 0.6) is 0 Å². The fourth-order valence-corrected chi connectivity index (χ4v) is 3.27. The highest BCUT2D eigenvalue weighted by atomic mass is 16.3. The van der Waals surface area contributed by atoms with Crippen LogP contribution in [0.3, 0.4) is 0 Å². The molecular weight excluding hydrogens is 362 g/mol. The lowest BCUT2D eigenvalue weighted by molar-refractivity contribution is -0.123. The molecule has 1 unspecified atom stereocenters. The van der Waals surface area contributed by atoms with E-state index in [0.29, 0.717) is 12.5 Å². The van der Waals surface area contributed by atoms with Crippen LogP contribution in [0.15, 0.2) is 36.5 Å². The summed E-state index contributed by atoms with van der Waals surface area (Å²) in [5, 5.41) is 28.9. The van der Waals surface area contributed by atoms with Crippen LogP contribution >= 0.6 is 0 Å². The normalized spacial score (nSPS) is 16.1. The van der Waals surface area contributed by atoms with Gasteiger partial charge in [-0.25, -0.2) is 4.98 Å². The fourth-order valence-electron chi connectivity index (χ4n) is 3.27. The summed E-state index contributed by atoms with van der Waals surface area (Å²) in [6.45, 7) is 4.07. The molecule has 1 fully saturated rings. The molecule has 0 bridgehead atoms. The molecule has 0 amide bonds. The minimum atomic E-state index is -0.250. The molecule has 154 valence electrons. The molecule has 1 saturated heterocycles. The molecule has 28 heavy (non-hydrogen) atoms. The Kier molecular flexibility index (Phi) is 12.0. The molecule has 8 heteroatoms. The standard InChI is InChI=1S/C18H25N3O.2CH2O2/c22-14-15-5-3-11-21(13-15)12-4-9-19-18-17-7-2-1-6-16(17)8-10-20-18;2*2-1-3/h1-2,6-8,10,15,22H,3-5,9,11-14H2,(H,19,20);2*1H,(H,2,3). The molecule has 2 aromatic rings. The van der Waals surface area contributed by atoms with E-state index in [1.807, 2.05) is 12.3 Å². The molecule has 8 nitrogen and oxygen atoms in total. The number of carbonyl (C=O) groups is 2. The van der Waals surface area contributed by atoms with E-state index >= 15 is 0 Å². The topological polar surface area (TPSA) is 123 Å². The van der Waals surface area contributed by atoms with Gasteiger partial charge in [0.25, 0.3) is 12.9 Å². The monoisotopic (exact) mass is 391 g/mol. The third kappa shape index (κ3) is 8.32. The summed E-state index contributed by atoms with van der Waals surface area (Å²) in [7, 11) is 0. The highest BCUT2D eigenvalue weighted by Crippen LogP contribution is 2.20. The first-order valence-electron chi connectivity index (χ1n) is 9.26. The van der Waals surface area contributed by atoms with Gasteiger partial charge in [0.2, 0.25) is 0 Å². The maximum atomic E-state index is 9.28. The number of rotatable bonds is 6. The van der Waals surface area contributed by atoms with E-state index in [9.17, 15) is 5.11 Å². The van der Waals surface area contributed by atoms with E-state index in [1.165, 1.54) is 30.2 Å². The largest absolute Gasteiger partial charge is 0.483 e. The molecule has 1 aliphatic heterocycles. The zero-order chi connectivity index (χ0) is 20.6. The molecule has 3 rings (SSSR count). The van der Waals surface area contributed by atoms with Gasteiger partial charge in [0.1, 0.15) is 5.82 Å². The van der Waals surface area contributed by atoms with Crippen molar-refractivity contribution in [3.63, 3.8) is 0 Å². The van der Waals surface area contributed by atoms with Gasteiger partial charge in [-0.3, -0.25) is 9.59 Å². The lowest BCUT2D eigenvalue weighted by atomic mass is 9.99. The Bertz CT molecular complexity index is 687. The molecule has 1 aliphatic rings. The highest BCUT2D eigenvalue weighted by molar-refractivity contribution is 5.91. The summed E-state index contributed by atoms with van der Waals surface area (Å²) in [6, 6.07) is 10.4. The van der Waals surface area contributed by atoms with E-state index in [2.05, 4.69) is 39.5 Å². The summed E-state index contributed by atoms with van der Waals surface area (Å²) < 4.78 is 0. The summed E-state index contributed by atoms with van der Waals surface area (Å²) >= 11 is 0. The number of carboxylic acid groups (broad SMARTS) is 2. The van der Waals surface area contributed by atoms with E-state index in [1.54, 1.807) is 0 Å². The second-order valence-corrected chi connectivity index (χ2v) is 6.36. The first-order valence-corrected chi connectivity index (χ1v) is 9.26. The summed E-state index contributed by atoms with van der Waals surface area (Å²) in [6.07, 6.45) is 5.35. The number of aliphatic hydroxyl groups excluding tert-OH is 1. The van der Waals surface area contributed by atoms with Crippen LogP contribution in [0.25, 0.3) is 10.8 Å². The van der Waals surface area contributed by atoms with Gasteiger partial charge >= 0.3 is 0 Å². The number of hydrogen-bond acceptors (Lipinski definition) is 6. The van der Waals surface area contributed by atoms with Crippen LogP contribution < -0.4 is 5.32 Å². The second-order valence-electron chi connectivity index (χ2n) is 6.36.